The van der Waals surface area contributed by atoms with E-state index in [1.807, 2.05) is 0 Å². The van der Waals surface area contributed by atoms with Crippen molar-refractivity contribution in [3.8, 4) is 0 Å². The van der Waals surface area contributed by atoms with Gasteiger partial charge in [-0.1, -0.05) is 43.2 Å². The smallest absolute Gasteiger partial charge is 0.0160 e. The van der Waals surface area contributed by atoms with Crippen molar-refractivity contribution in [1.82, 2.24) is 0 Å². The molecular weight excluding hydrogens is 156 g/mol. The van der Waals surface area contributed by atoms with Gasteiger partial charge < -0.3 is 0 Å². The topological polar surface area (TPSA) is 0 Å². The monoisotopic (exact) mass is 175 g/mol. The zero-order valence-corrected chi connectivity index (χ0v) is 8.34. The van der Waals surface area contributed by atoms with Crippen LogP contribution in [0.1, 0.15) is 44.9 Å². The molecule has 0 heteroatoms. The normalized spacial score (nSPS) is 20.3. The average Bonchev–Trinajstić information content (AvgIpc) is 2.18. The van der Waals surface area contributed by atoms with Crippen LogP contribution in [0.3, 0.4) is 0 Å². The first-order valence-electron chi connectivity index (χ1n) is 5.37. The Labute approximate surface area is 82.0 Å². The second kappa shape index (κ2) is 7.85. The molecule has 0 aliphatic heterocycles. The van der Waals surface area contributed by atoms with Crippen molar-refractivity contribution in [1.29, 1.82) is 0 Å². The van der Waals surface area contributed by atoms with E-state index in [4.69, 9.17) is 0 Å². The molecule has 0 bridgehead atoms. The molecule has 0 aromatic rings. The highest BCUT2D eigenvalue weighted by Crippen LogP contribution is 2.07. The lowest BCUT2D eigenvalue weighted by Gasteiger charge is -1.95. The Hall–Kier alpha value is -0.780. The first-order valence-corrected chi connectivity index (χ1v) is 5.37. The molecule has 0 atom stereocenters. The van der Waals surface area contributed by atoms with Crippen molar-refractivity contribution in [2.45, 2.75) is 44.9 Å². The molecule has 0 fully saturated rings. The number of allylic oxidation sites excluding steroid dienone is 6. The van der Waals surface area contributed by atoms with E-state index in [1.165, 1.54) is 32.1 Å². The highest BCUT2D eigenvalue weighted by atomic mass is 13.9. The van der Waals surface area contributed by atoms with E-state index in [-0.39, 0.29) is 0 Å². The second-order valence-corrected chi connectivity index (χ2v) is 3.45. The Kier molecular flexibility index (Phi) is 6.22. The van der Waals surface area contributed by atoms with Crippen molar-refractivity contribution in [2.75, 3.05) is 0 Å². The molecule has 1 rings (SSSR count). The standard InChI is InChI=1S/C13H19/c1-2-4-6-8-10-12-13-11-9-7-5-3-1/h1-4,7H,5-6,8,10-13H2. The maximum absolute atomic E-state index is 3.32. The summed E-state index contributed by atoms with van der Waals surface area (Å²) in [5, 5.41) is 0. The molecule has 1 aliphatic carbocycles. The Morgan fingerprint density at radius 3 is 2.69 bits per heavy atom. The molecule has 0 spiro atoms. The van der Waals surface area contributed by atoms with Gasteiger partial charge in [-0.15, -0.1) is 0 Å². The van der Waals surface area contributed by atoms with Crippen molar-refractivity contribution >= 4 is 0 Å². The van der Waals surface area contributed by atoms with Crippen LogP contribution in [0.2, 0.25) is 0 Å². The summed E-state index contributed by atoms with van der Waals surface area (Å²) in [6.07, 6.45) is 23.0. The van der Waals surface area contributed by atoms with Gasteiger partial charge in [-0.2, -0.15) is 0 Å². The first-order chi connectivity index (χ1) is 6.50. The van der Waals surface area contributed by atoms with E-state index in [0.717, 1.165) is 12.8 Å². The van der Waals surface area contributed by atoms with Crippen LogP contribution in [-0.2, 0) is 0 Å². The van der Waals surface area contributed by atoms with E-state index in [2.05, 4.69) is 36.5 Å². The lowest BCUT2D eigenvalue weighted by Crippen LogP contribution is -1.76. The summed E-state index contributed by atoms with van der Waals surface area (Å²) in [7, 11) is 0. The molecule has 0 nitrogen and oxygen atoms in total. The molecule has 0 saturated carbocycles. The molecular formula is C13H19. The van der Waals surface area contributed by atoms with Gasteiger partial charge >= 0.3 is 0 Å². The summed E-state index contributed by atoms with van der Waals surface area (Å²) in [6.45, 7) is 0. The third-order valence-corrected chi connectivity index (χ3v) is 2.22. The van der Waals surface area contributed by atoms with Crippen LogP contribution in [0.15, 0.2) is 30.4 Å². The summed E-state index contributed by atoms with van der Waals surface area (Å²) >= 11 is 0. The van der Waals surface area contributed by atoms with Crippen LogP contribution in [0, 0.1) is 6.08 Å². The summed E-state index contributed by atoms with van der Waals surface area (Å²) in [5.41, 5.74) is 0. The third-order valence-electron chi connectivity index (χ3n) is 2.22. The van der Waals surface area contributed by atoms with Gasteiger partial charge in [-0.3, -0.25) is 0 Å². The molecule has 71 valence electrons. The lowest BCUT2D eigenvalue weighted by molar-refractivity contribution is 0.648. The Bertz CT molecular complexity index is 184. The Morgan fingerprint density at radius 1 is 0.846 bits per heavy atom. The van der Waals surface area contributed by atoms with Crippen LogP contribution in [0.4, 0.5) is 0 Å². The predicted molar refractivity (Wildman–Crippen MR) is 58.4 cm³/mol. The van der Waals surface area contributed by atoms with Crippen molar-refractivity contribution in [2.24, 2.45) is 0 Å². The SMILES string of the molecule is [C]1=CCC=CC=CCCCCCC1. The molecule has 13 heavy (non-hydrogen) atoms. The first kappa shape index (κ1) is 10.3. The minimum Gasteiger partial charge on any atom is -0.0845 e. The van der Waals surface area contributed by atoms with Crippen molar-refractivity contribution in [3.05, 3.63) is 36.5 Å². The van der Waals surface area contributed by atoms with Gasteiger partial charge in [0, 0.05) is 0 Å². The van der Waals surface area contributed by atoms with Crippen LogP contribution in [-0.4, -0.2) is 0 Å². The van der Waals surface area contributed by atoms with Gasteiger partial charge in [0.15, 0.2) is 0 Å². The van der Waals surface area contributed by atoms with Gasteiger partial charge in [0.05, 0.1) is 0 Å². The molecule has 0 amide bonds. The van der Waals surface area contributed by atoms with Crippen molar-refractivity contribution < 1.29 is 0 Å². The maximum Gasteiger partial charge on any atom is -0.0160 e. The quantitative estimate of drug-likeness (QED) is 0.517. The Morgan fingerprint density at radius 2 is 1.69 bits per heavy atom. The Balaban J connectivity index is 2.29. The summed E-state index contributed by atoms with van der Waals surface area (Å²) in [6, 6.07) is 0. The van der Waals surface area contributed by atoms with Gasteiger partial charge in [0.2, 0.25) is 0 Å². The van der Waals surface area contributed by atoms with Gasteiger partial charge in [0.1, 0.15) is 0 Å². The fraction of sp³-hybridized carbons (Fsp3) is 0.538. The number of hydrogen-bond acceptors (Lipinski definition) is 0. The van der Waals surface area contributed by atoms with Gasteiger partial charge in [-0.05, 0) is 38.2 Å². The third kappa shape index (κ3) is 6.39. The molecule has 1 radical (unpaired) electrons. The van der Waals surface area contributed by atoms with E-state index in [9.17, 15) is 0 Å². The zero-order valence-electron chi connectivity index (χ0n) is 8.34. The van der Waals surface area contributed by atoms with Crippen molar-refractivity contribution in [3.63, 3.8) is 0 Å². The van der Waals surface area contributed by atoms with Crippen LogP contribution in [0.5, 0.6) is 0 Å². The van der Waals surface area contributed by atoms with E-state index in [0.29, 0.717) is 0 Å². The fourth-order valence-electron chi connectivity index (χ4n) is 1.43. The molecule has 1 aliphatic rings. The molecule has 0 unspecified atom stereocenters. The molecule has 0 saturated heterocycles. The predicted octanol–water partition coefficient (Wildman–Crippen LogP) is 4.20. The zero-order chi connectivity index (χ0) is 9.19. The maximum atomic E-state index is 3.32. The highest BCUT2D eigenvalue weighted by molar-refractivity contribution is 5.04. The minimum atomic E-state index is 1.03. The van der Waals surface area contributed by atoms with E-state index >= 15 is 0 Å². The molecule has 0 N–H and O–H groups in total. The fourth-order valence-corrected chi connectivity index (χ4v) is 1.43. The van der Waals surface area contributed by atoms with Crippen LogP contribution >= 0.6 is 0 Å². The number of hydrogen-bond donors (Lipinski definition) is 0. The second-order valence-electron chi connectivity index (χ2n) is 3.45. The van der Waals surface area contributed by atoms with Crippen LogP contribution in [0.25, 0.3) is 0 Å². The van der Waals surface area contributed by atoms with E-state index in [1.54, 1.807) is 0 Å². The molecule has 0 aromatic heterocycles. The minimum absolute atomic E-state index is 1.03. The van der Waals surface area contributed by atoms with Gasteiger partial charge in [-0.25, -0.2) is 0 Å². The summed E-state index contributed by atoms with van der Waals surface area (Å²) in [5.74, 6) is 0. The van der Waals surface area contributed by atoms with Gasteiger partial charge in [0.25, 0.3) is 0 Å². The largest absolute Gasteiger partial charge is 0.0845 e. The molecule has 0 aromatic carbocycles. The highest BCUT2D eigenvalue weighted by Gasteiger charge is 1.87. The average molecular weight is 175 g/mol. The van der Waals surface area contributed by atoms with E-state index < -0.39 is 0 Å². The lowest BCUT2D eigenvalue weighted by atomic mass is 10.1. The summed E-state index contributed by atoms with van der Waals surface area (Å²) in [4.78, 5) is 0. The molecule has 0 heterocycles. The van der Waals surface area contributed by atoms with Crippen LogP contribution < -0.4 is 0 Å². The number of rotatable bonds is 0. The summed E-state index contributed by atoms with van der Waals surface area (Å²) < 4.78 is 0.